The van der Waals surface area contributed by atoms with Gasteiger partial charge in [-0.1, -0.05) is 16.5 Å². The van der Waals surface area contributed by atoms with Gasteiger partial charge in [-0.3, -0.25) is 9.36 Å². The van der Waals surface area contributed by atoms with Crippen molar-refractivity contribution in [1.82, 2.24) is 14.7 Å². The first-order valence-electron chi connectivity index (χ1n) is 6.97. The Hall–Kier alpha value is -2.28. The van der Waals surface area contributed by atoms with E-state index in [-0.39, 0.29) is 17.2 Å². The lowest BCUT2D eigenvalue weighted by atomic mass is 10.2. The highest BCUT2D eigenvalue weighted by molar-refractivity contribution is 7.07. The molecule has 0 atom stereocenters. The molecule has 4 rings (SSSR count). The Morgan fingerprint density at radius 3 is 2.82 bits per heavy atom. The van der Waals surface area contributed by atoms with Crippen molar-refractivity contribution in [2.45, 2.75) is 25.3 Å². The van der Waals surface area contributed by atoms with Gasteiger partial charge in [-0.05, 0) is 42.7 Å². The molecule has 5 nitrogen and oxygen atoms in total. The van der Waals surface area contributed by atoms with Gasteiger partial charge in [0, 0.05) is 11.3 Å². The van der Waals surface area contributed by atoms with Crippen LogP contribution in [0.15, 0.2) is 39.0 Å². The fraction of sp³-hybridized carbons (Fsp3) is 0.267. The fourth-order valence-corrected chi connectivity index (χ4v) is 3.06. The van der Waals surface area contributed by atoms with E-state index in [0.29, 0.717) is 17.6 Å². The van der Waals surface area contributed by atoms with Gasteiger partial charge in [0.1, 0.15) is 5.82 Å². The van der Waals surface area contributed by atoms with E-state index in [1.54, 1.807) is 22.1 Å². The third-order valence-electron chi connectivity index (χ3n) is 3.63. The molecule has 1 aliphatic rings. The minimum Gasteiger partial charge on any atom is -0.339 e. The van der Waals surface area contributed by atoms with E-state index < -0.39 is 0 Å². The predicted molar refractivity (Wildman–Crippen MR) is 79.3 cm³/mol. The molecule has 0 aliphatic heterocycles. The maximum atomic E-state index is 13.0. The summed E-state index contributed by atoms with van der Waals surface area (Å²) in [6, 6.07) is 6.06. The molecule has 0 radical (unpaired) electrons. The van der Waals surface area contributed by atoms with Crippen LogP contribution in [0.1, 0.15) is 30.5 Å². The smallest absolute Gasteiger partial charge is 0.307 e. The lowest BCUT2D eigenvalue weighted by Gasteiger charge is -2.05. The Kier molecular flexibility index (Phi) is 3.15. The van der Waals surface area contributed by atoms with Crippen LogP contribution < -0.4 is 4.87 Å². The number of thiazole rings is 1. The second kappa shape index (κ2) is 5.17. The monoisotopic (exact) mass is 317 g/mol. The molecular formula is C15H12FN3O2S. The molecule has 1 fully saturated rings. The molecule has 0 amide bonds. The van der Waals surface area contributed by atoms with Gasteiger partial charge in [0.05, 0.1) is 12.2 Å². The van der Waals surface area contributed by atoms with Crippen LogP contribution in [0, 0.1) is 5.82 Å². The number of halogens is 1. The number of nitrogens with zero attached hydrogens (tertiary/aromatic N) is 3. The molecule has 2 heterocycles. The first-order valence-corrected chi connectivity index (χ1v) is 7.85. The van der Waals surface area contributed by atoms with Gasteiger partial charge in [-0.2, -0.15) is 4.98 Å². The molecule has 1 aromatic carbocycles. The van der Waals surface area contributed by atoms with Crippen LogP contribution in [-0.2, 0) is 6.54 Å². The van der Waals surface area contributed by atoms with Gasteiger partial charge in [-0.15, -0.1) is 0 Å². The minimum absolute atomic E-state index is 0.0999. The maximum Gasteiger partial charge on any atom is 0.307 e. The molecular weight excluding hydrogens is 305 g/mol. The van der Waals surface area contributed by atoms with E-state index >= 15 is 0 Å². The summed E-state index contributed by atoms with van der Waals surface area (Å²) >= 11 is 1.10. The van der Waals surface area contributed by atoms with Crippen LogP contribution in [0.25, 0.3) is 11.3 Å². The molecule has 2 aromatic heterocycles. The van der Waals surface area contributed by atoms with Gasteiger partial charge >= 0.3 is 4.87 Å². The lowest BCUT2D eigenvalue weighted by Crippen LogP contribution is -2.16. The summed E-state index contributed by atoms with van der Waals surface area (Å²) in [5, 5.41) is 5.70. The van der Waals surface area contributed by atoms with Gasteiger partial charge in [-0.25, -0.2) is 4.39 Å². The molecule has 0 unspecified atom stereocenters. The Morgan fingerprint density at radius 1 is 1.32 bits per heavy atom. The molecule has 0 N–H and O–H groups in total. The third kappa shape index (κ3) is 2.48. The van der Waals surface area contributed by atoms with Gasteiger partial charge in [0.25, 0.3) is 0 Å². The summed E-state index contributed by atoms with van der Waals surface area (Å²) in [5.74, 6) is 1.23. The molecule has 22 heavy (non-hydrogen) atoms. The standard InChI is InChI=1S/C15H12FN3O2S/c16-11-5-3-9(4-6-11)12-8-22-15(20)19(12)7-13-17-14(21-18-13)10-1-2-10/h3-6,8,10H,1-2,7H2. The number of rotatable bonds is 4. The van der Waals surface area contributed by atoms with Crippen LogP contribution in [0.5, 0.6) is 0 Å². The van der Waals surface area contributed by atoms with Crippen molar-refractivity contribution in [2.24, 2.45) is 0 Å². The Morgan fingerprint density at radius 2 is 2.09 bits per heavy atom. The molecule has 3 aromatic rings. The first-order chi connectivity index (χ1) is 10.7. The molecule has 7 heteroatoms. The predicted octanol–water partition coefficient (Wildman–Crippen LogP) is 3.02. The number of benzene rings is 1. The number of aromatic nitrogens is 3. The zero-order valence-corrected chi connectivity index (χ0v) is 12.3. The van der Waals surface area contributed by atoms with Crippen LogP contribution >= 0.6 is 11.3 Å². The van der Waals surface area contributed by atoms with E-state index in [4.69, 9.17) is 4.52 Å². The van der Waals surface area contributed by atoms with Crippen molar-refractivity contribution < 1.29 is 8.91 Å². The summed E-state index contributed by atoms with van der Waals surface area (Å²) in [7, 11) is 0. The maximum absolute atomic E-state index is 13.0. The minimum atomic E-state index is -0.305. The average Bonchev–Trinajstić information content (AvgIpc) is 3.17. The summed E-state index contributed by atoms with van der Waals surface area (Å²) in [4.78, 5) is 16.3. The van der Waals surface area contributed by atoms with E-state index in [9.17, 15) is 9.18 Å². The van der Waals surface area contributed by atoms with Crippen LogP contribution in [0.2, 0.25) is 0 Å². The van der Waals surface area contributed by atoms with Crippen LogP contribution in [-0.4, -0.2) is 14.7 Å². The normalized spacial score (nSPS) is 14.4. The number of hydrogen-bond acceptors (Lipinski definition) is 5. The molecule has 1 saturated carbocycles. The summed E-state index contributed by atoms with van der Waals surface area (Å²) in [6.45, 7) is 0.255. The van der Waals surface area contributed by atoms with Crippen molar-refractivity contribution in [2.75, 3.05) is 0 Å². The topological polar surface area (TPSA) is 60.9 Å². The molecule has 0 bridgehead atoms. The molecule has 1 aliphatic carbocycles. The van der Waals surface area contributed by atoms with E-state index in [0.717, 1.165) is 35.4 Å². The summed E-state index contributed by atoms with van der Waals surface area (Å²) in [6.07, 6.45) is 2.17. The average molecular weight is 317 g/mol. The Balaban J connectivity index is 1.67. The second-order valence-corrected chi connectivity index (χ2v) is 6.12. The van der Waals surface area contributed by atoms with E-state index in [1.165, 1.54) is 12.1 Å². The molecule has 112 valence electrons. The highest BCUT2D eigenvalue weighted by atomic mass is 32.1. The zero-order valence-electron chi connectivity index (χ0n) is 11.5. The number of hydrogen-bond donors (Lipinski definition) is 0. The van der Waals surface area contributed by atoms with Crippen molar-refractivity contribution in [3.05, 3.63) is 56.8 Å². The largest absolute Gasteiger partial charge is 0.339 e. The summed E-state index contributed by atoms with van der Waals surface area (Å²) in [5.41, 5.74) is 1.51. The highest BCUT2D eigenvalue weighted by Crippen LogP contribution is 2.38. The van der Waals surface area contributed by atoms with E-state index in [1.807, 2.05) is 0 Å². The first kappa shape index (κ1) is 13.4. The van der Waals surface area contributed by atoms with Gasteiger partial charge in [0.2, 0.25) is 5.89 Å². The molecule has 0 saturated heterocycles. The van der Waals surface area contributed by atoms with Gasteiger partial charge < -0.3 is 4.52 Å². The third-order valence-corrected chi connectivity index (χ3v) is 4.40. The Bertz CT molecular complexity index is 862. The lowest BCUT2D eigenvalue weighted by molar-refractivity contribution is 0.373. The second-order valence-electron chi connectivity index (χ2n) is 5.30. The molecule has 0 spiro atoms. The van der Waals surface area contributed by atoms with Crippen molar-refractivity contribution in [1.29, 1.82) is 0 Å². The zero-order chi connectivity index (χ0) is 15.1. The quantitative estimate of drug-likeness (QED) is 0.742. The Labute approximate surface area is 129 Å². The highest BCUT2D eigenvalue weighted by Gasteiger charge is 2.29. The summed E-state index contributed by atoms with van der Waals surface area (Å²) < 4.78 is 19.8. The van der Waals surface area contributed by atoms with Crippen LogP contribution in [0.4, 0.5) is 4.39 Å². The van der Waals surface area contributed by atoms with Crippen molar-refractivity contribution >= 4 is 11.3 Å². The van der Waals surface area contributed by atoms with Crippen molar-refractivity contribution in [3.8, 4) is 11.3 Å². The van der Waals surface area contributed by atoms with Gasteiger partial charge in [0.15, 0.2) is 5.82 Å². The van der Waals surface area contributed by atoms with Crippen LogP contribution in [0.3, 0.4) is 0 Å². The van der Waals surface area contributed by atoms with E-state index in [2.05, 4.69) is 10.1 Å². The fourth-order valence-electron chi connectivity index (χ4n) is 2.30. The van der Waals surface area contributed by atoms with Crippen molar-refractivity contribution in [3.63, 3.8) is 0 Å². The SMILES string of the molecule is O=c1scc(-c2ccc(F)cc2)n1Cc1noc(C2CC2)n1.